The zero-order valence-corrected chi connectivity index (χ0v) is 8.92. The molecule has 0 unspecified atom stereocenters. The molecule has 0 radical (unpaired) electrons. The Morgan fingerprint density at radius 2 is 2.08 bits per heavy atom. The molecular formula is C8H17NO3S. The highest BCUT2D eigenvalue weighted by atomic mass is 32.2. The molecule has 5 heteroatoms. The average molecular weight is 207 g/mol. The summed E-state index contributed by atoms with van der Waals surface area (Å²) in [4.78, 5) is 0. The third-order valence-electron chi connectivity index (χ3n) is 2.55. The standard InChI is InChI=1S/C8H17NO3S/c1-7-4-3-5-8(6-10)9(7)13(2,11)12/h7-8,10H,3-6H2,1-2H3/t7-,8-/m0/s1. The highest BCUT2D eigenvalue weighted by Gasteiger charge is 2.33. The fourth-order valence-electron chi connectivity index (χ4n) is 2.03. The second kappa shape index (κ2) is 3.94. The Kier molecular flexibility index (Phi) is 3.32. The number of piperidine rings is 1. The molecule has 1 aliphatic heterocycles. The first kappa shape index (κ1) is 10.9. The maximum Gasteiger partial charge on any atom is 0.211 e. The normalized spacial score (nSPS) is 31.9. The Bertz CT molecular complexity index is 263. The van der Waals surface area contributed by atoms with Crippen LogP contribution in [-0.2, 0) is 10.0 Å². The lowest BCUT2D eigenvalue weighted by atomic mass is 10.0. The highest BCUT2D eigenvalue weighted by molar-refractivity contribution is 7.88. The minimum Gasteiger partial charge on any atom is -0.395 e. The SMILES string of the molecule is C[C@H]1CCC[C@@H](CO)N1S(C)(=O)=O. The Hall–Kier alpha value is -0.130. The second-order valence-electron chi connectivity index (χ2n) is 3.71. The number of rotatable bonds is 2. The van der Waals surface area contributed by atoms with Crippen molar-refractivity contribution in [3.8, 4) is 0 Å². The number of nitrogens with zero attached hydrogens (tertiary/aromatic N) is 1. The summed E-state index contributed by atoms with van der Waals surface area (Å²) < 4.78 is 24.2. The summed E-state index contributed by atoms with van der Waals surface area (Å²) in [7, 11) is -3.16. The molecule has 0 aromatic carbocycles. The van der Waals surface area contributed by atoms with Crippen molar-refractivity contribution >= 4 is 10.0 Å². The van der Waals surface area contributed by atoms with Gasteiger partial charge in [-0.25, -0.2) is 8.42 Å². The lowest BCUT2D eigenvalue weighted by molar-refractivity contribution is 0.123. The topological polar surface area (TPSA) is 57.6 Å². The van der Waals surface area contributed by atoms with E-state index in [0.29, 0.717) is 0 Å². The Labute approximate surface area is 79.6 Å². The van der Waals surface area contributed by atoms with E-state index in [1.54, 1.807) is 0 Å². The molecule has 78 valence electrons. The first-order valence-electron chi connectivity index (χ1n) is 4.56. The van der Waals surface area contributed by atoms with Crippen LogP contribution < -0.4 is 0 Å². The van der Waals surface area contributed by atoms with Crippen molar-refractivity contribution in [3.05, 3.63) is 0 Å². The molecule has 1 N–H and O–H groups in total. The second-order valence-corrected chi connectivity index (χ2v) is 5.60. The number of aliphatic hydroxyl groups is 1. The molecule has 1 rings (SSSR count). The van der Waals surface area contributed by atoms with Crippen molar-refractivity contribution in [2.24, 2.45) is 0 Å². The number of aliphatic hydroxyl groups excluding tert-OH is 1. The Morgan fingerprint density at radius 1 is 1.46 bits per heavy atom. The highest BCUT2D eigenvalue weighted by Crippen LogP contribution is 2.24. The third-order valence-corrected chi connectivity index (χ3v) is 3.97. The van der Waals surface area contributed by atoms with Crippen LogP contribution in [0, 0.1) is 0 Å². The van der Waals surface area contributed by atoms with Crippen LogP contribution in [-0.4, -0.2) is 42.8 Å². The molecular weight excluding hydrogens is 190 g/mol. The van der Waals surface area contributed by atoms with Crippen LogP contribution in [0.5, 0.6) is 0 Å². The molecule has 0 amide bonds. The van der Waals surface area contributed by atoms with E-state index in [1.165, 1.54) is 10.6 Å². The van der Waals surface area contributed by atoms with Gasteiger partial charge < -0.3 is 5.11 Å². The van der Waals surface area contributed by atoms with E-state index in [-0.39, 0.29) is 18.7 Å². The molecule has 1 fully saturated rings. The summed E-state index contributed by atoms with van der Waals surface area (Å²) >= 11 is 0. The van der Waals surface area contributed by atoms with Crippen molar-refractivity contribution in [2.45, 2.75) is 38.3 Å². The third kappa shape index (κ3) is 2.42. The molecule has 0 aromatic heterocycles. The molecule has 1 aliphatic rings. The minimum absolute atomic E-state index is 0.0286. The lowest BCUT2D eigenvalue weighted by Gasteiger charge is -2.37. The van der Waals surface area contributed by atoms with Gasteiger partial charge in [-0.05, 0) is 19.8 Å². The predicted octanol–water partition coefficient (Wildman–Crippen LogP) is 0.181. The van der Waals surface area contributed by atoms with Gasteiger partial charge in [0.15, 0.2) is 0 Å². The fourth-order valence-corrected chi connectivity index (χ4v) is 3.51. The smallest absolute Gasteiger partial charge is 0.211 e. The van der Waals surface area contributed by atoms with Gasteiger partial charge in [0, 0.05) is 12.1 Å². The first-order valence-corrected chi connectivity index (χ1v) is 6.41. The largest absolute Gasteiger partial charge is 0.395 e. The van der Waals surface area contributed by atoms with Crippen LogP contribution in [0.25, 0.3) is 0 Å². The maximum atomic E-state index is 11.4. The van der Waals surface area contributed by atoms with Gasteiger partial charge >= 0.3 is 0 Å². The van der Waals surface area contributed by atoms with E-state index in [9.17, 15) is 8.42 Å². The van der Waals surface area contributed by atoms with Gasteiger partial charge in [-0.1, -0.05) is 6.42 Å². The number of sulfonamides is 1. The summed E-state index contributed by atoms with van der Waals surface area (Å²) in [5.74, 6) is 0. The molecule has 0 aromatic rings. The van der Waals surface area contributed by atoms with Crippen LogP contribution in [0.1, 0.15) is 26.2 Å². The van der Waals surface area contributed by atoms with E-state index in [1.807, 2.05) is 6.92 Å². The van der Waals surface area contributed by atoms with Gasteiger partial charge in [0.2, 0.25) is 10.0 Å². The van der Waals surface area contributed by atoms with E-state index < -0.39 is 10.0 Å². The summed E-state index contributed by atoms with van der Waals surface area (Å²) in [6, 6.07) is -0.181. The molecule has 1 saturated heterocycles. The van der Waals surface area contributed by atoms with Crippen LogP contribution in [0.2, 0.25) is 0 Å². The first-order chi connectivity index (χ1) is 5.96. The summed E-state index contributed by atoms with van der Waals surface area (Å²) in [6.45, 7) is 1.82. The predicted molar refractivity (Wildman–Crippen MR) is 50.9 cm³/mol. The van der Waals surface area contributed by atoms with Crippen molar-refractivity contribution in [3.63, 3.8) is 0 Å². The summed E-state index contributed by atoms with van der Waals surface area (Å²) in [5, 5.41) is 9.04. The monoisotopic (exact) mass is 207 g/mol. The van der Waals surface area contributed by atoms with Gasteiger partial charge in [-0.2, -0.15) is 4.31 Å². The van der Waals surface area contributed by atoms with Crippen LogP contribution in [0.4, 0.5) is 0 Å². The molecule has 0 spiro atoms. The van der Waals surface area contributed by atoms with Crippen molar-refractivity contribution in [2.75, 3.05) is 12.9 Å². The molecule has 0 saturated carbocycles. The molecule has 2 atom stereocenters. The molecule has 0 aliphatic carbocycles. The minimum atomic E-state index is -3.16. The van der Waals surface area contributed by atoms with Gasteiger partial charge in [-0.15, -0.1) is 0 Å². The fraction of sp³-hybridized carbons (Fsp3) is 1.00. The van der Waals surface area contributed by atoms with Gasteiger partial charge in [-0.3, -0.25) is 0 Å². The molecule has 4 nitrogen and oxygen atoms in total. The van der Waals surface area contributed by atoms with Crippen LogP contribution in [0.3, 0.4) is 0 Å². The van der Waals surface area contributed by atoms with Crippen LogP contribution >= 0.6 is 0 Å². The zero-order chi connectivity index (χ0) is 10.1. The van der Waals surface area contributed by atoms with Crippen molar-refractivity contribution < 1.29 is 13.5 Å². The molecule has 1 heterocycles. The van der Waals surface area contributed by atoms with Gasteiger partial charge in [0.25, 0.3) is 0 Å². The molecule has 0 bridgehead atoms. The van der Waals surface area contributed by atoms with E-state index in [2.05, 4.69) is 0 Å². The summed E-state index contributed by atoms with van der Waals surface area (Å²) in [6.07, 6.45) is 3.87. The van der Waals surface area contributed by atoms with E-state index >= 15 is 0 Å². The zero-order valence-electron chi connectivity index (χ0n) is 8.10. The Balaban J connectivity index is 2.86. The number of hydrogen-bond donors (Lipinski definition) is 1. The lowest BCUT2D eigenvalue weighted by Crippen LogP contribution is -2.49. The number of hydrogen-bond acceptors (Lipinski definition) is 3. The quantitative estimate of drug-likeness (QED) is 0.703. The summed E-state index contributed by atoms with van der Waals surface area (Å²) in [5.41, 5.74) is 0. The van der Waals surface area contributed by atoms with Crippen LogP contribution in [0.15, 0.2) is 0 Å². The van der Waals surface area contributed by atoms with Gasteiger partial charge in [0.05, 0.1) is 12.9 Å². The average Bonchev–Trinajstić information content (AvgIpc) is 2.01. The maximum absolute atomic E-state index is 11.4. The molecule has 13 heavy (non-hydrogen) atoms. The van der Waals surface area contributed by atoms with Crippen molar-refractivity contribution in [1.29, 1.82) is 0 Å². The van der Waals surface area contributed by atoms with Crippen molar-refractivity contribution in [1.82, 2.24) is 4.31 Å². The van der Waals surface area contributed by atoms with Gasteiger partial charge in [0.1, 0.15) is 0 Å². The Morgan fingerprint density at radius 3 is 2.46 bits per heavy atom. The van der Waals surface area contributed by atoms with E-state index in [0.717, 1.165) is 19.3 Å². The van der Waals surface area contributed by atoms with E-state index in [4.69, 9.17) is 5.11 Å².